The Morgan fingerprint density at radius 3 is 2.64 bits per heavy atom. The van der Waals surface area contributed by atoms with Crippen LogP contribution in [-0.4, -0.2) is 88.1 Å². The molecule has 0 aliphatic carbocycles. The minimum Gasteiger partial charge on any atom is -0.378 e. The van der Waals surface area contributed by atoms with Crippen molar-refractivity contribution in [2.45, 2.75) is 19.9 Å². The van der Waals surface area contributed by atoms with Gasteiger partial charge in [-0.15, -0.1) is 11.3 Å². The second-order valence-electron chi connectivity index (χ2n) is 8.36. The van der Waals surface area contributed by atoms with E-state index in [9.17, 15) is 4.79 Å². The summed E-state index contributed by atoms with van der Waals surface area (Å²) < 4.78 is 6.64. The molecule has 5 rings (SSSR count). The number of anilines is 2. The summed E-state index contributed by atoms with van der Waals surface area (Å²) in [5, 5.41) is 0. The molecule has 2 aliphatic heterocycles. The molecule has 1 amide bonds. The van der Waals surface area contributed by atoms with Gasteiger partial charge in [0.1, 0.15) is 0 Å². The van der Waals surface area contributed by atoms with Crippen LogP contribution >= 0.6 is 11.3 Å². The summed E-state index contributed by atoms with van der Waals surface area (Å²) in [4.78, 5) is 37.6. The van der Waals surface area contributed by atoms with Crippen molar-refractivity contribution in [3.8, 4) is 11.4 Å². The molecule has 2 N–H and O–H groups in total. The molecule has 0 aromatic carbocycles. The van der Waals surface area contributed by atoms with Crippen molar-refractivity contribution in [1.82, 2.24) is 29.7 Å². The smallest absolute Gasteiger partial charge is 0.219 e. The number of nitrogen functional groups attached to an aromatic ring is 1. The number of fused-ring (bicyclic) bond motifs is 1. The Bertz CT molecular complexity index is 1130. The highest BCUT2D eigenvalue weighted by molar-refractivity contribution is 7.19. The largest absolute Gasteiger partial charge is 0.378 e. The number of carbonyl (C=O) groups is 1. The number of morpholine rings is 1. The Hall–Kier alpha value is -2.89. The number of nitrogens with zero attached hydrogens (tertiary/aromatic N) is 7. The number of rotatable bonds is 4. The molecule has 10 nitrogen and oxygen atoms in total. The van der Waals surface area contributed by atoms with Gasteiger partial charge in [0.2, 0.25) is 11.9 Å². The molecule has 3 aromatic heterocycles. The lowest BCUT2D eigenvalue weighted by atomic mass is 10.3. The van der Waals surface area contributed by atoms with E-state index < -0.39 is 0 Å². The van der Waals surface area contributed by atoms with E-state index in [1.807, 2.05) is 4.90 Å². The number of hydrogen-bond donors (Lipinski definition) is 1. The summed E-state index contributed by atoms with van der Waals surface area (Å²) in [6.45, 7) is 8.92. The van der Waals surface area contributed by atoms with Gasteiger partial charge in [-0.2, -0.15) is 0 Å². The molecule has 0 unspecified atom stereocenters. The highest BCUT2D eigenvalue weighted by atomic mass is 32.1. The first kappa shape index (κ1) is 21.9. The van der Waals surface area contributed by atoms with Crippen LogP contribution in [0.1, 0.15) is 18.2 Å². The summed E-state index contributed by atoms with van der Waals surface area (Å²) in [5.41, 5.74) is 7.33. The van der Waals surface area contributed by atoms with E-state index in [2.05, 4.69) is 25.8 Å². The normalized spacial score (nSPS) is 18.0. The standard InChI is InChI=1S/C22H28N8O2S/c1-15(31)29-4-2-3-28(5-6-29)14-17-11-18-19(33-17)21(30-7-9-32-10-8-30)27-20(26-18)16-12-24-22(23)25-13-16/h11-13H,2-10,14H2,1H3,(H2,23,24,25). The molecule has 5 heterocycles. The molecule has 0 atom stereocenters. The maximum Gasteiger partial charge on any atom is 0.219 e. The monoisotopic (exact) mass is 468 g/mol. The average molecular weight is 469 g/mol. The summed E-state index contributed by atoms with van der Waals surface area (Å²) in [6.07, 6.45) is 4.32. The molecule has 0 bridgehead atoms. The second kappa shape index (κ2) is 9.54. The van der Waals surface area contributed by atoms with Gasteiger partial charge in [-0.1, -0.05) is 0 Å². The number of amides is 1. The molecular formula is C22H28N8O2S. The molecular weight excluding hydrogens is 440 g/mol. The fourth-order valence-electron chi connectivity index (χ4n) is 4.28. The first-order chi connectivity index (χ1) is 16.1. The van der Waals surface area contributed by atoms with Gasteiger partial charge in [0.25, 0.3) is 0 Å². The third-order valence-electron chi connectivity index (χ3n) is 6.06. The van der Waals surface area contributed by atoms with Crippen LogP contribution in [0.5, 0.6) is 0 Å². The van der Waals surface area contributed by atoms with Gasteiger partial charge in [0, 0.05) is 70.0 Å². The van der Waals surface area contributed by atoms with Crippen LogP contribution in [0.2, 0.25) is 0 Å². The zero-order chi connectivity index (χ0) is 22.8. The van der Waals surface area contributed by atoms with E-state index in [-0.39, 0.29) is 11.9 Å². The van der Waals surface area contributed by atoms with Crippen molar-refractivity contribution in [2.24, 2.45) is 0 Å². The SMILES string of the molecule is CC(=O)N1CCCN(Cc2cc3nc(-c4cnc(N)nc4)nc(N4CCOCC4)c3s2)CC1. The van der Waals surface area contributed by atoms with E-state index in [1.165, 1.54) is 4.88 Å². The molecule has 3 aromatic rings. The highest BCUT2D eigenvalue weighted by Gasteiger charge is 2.22. The lowest BCUT2D eigenvalue weighted by molar-refractivity contribution is -0.128. The zero-order valence-electron chi connectivity index (χ0n) is 18.7. The molecule has 2 aliphatic rings. The van der Waals surface area contributed by atoms with Crippen molar-refractivity contribution < 1.29 is 9.53 Å². The Kier molecular flexibility index (Phi) is 6.34. The maximum atomic E-state index is 11.8. The minimum absolute atomic E-state index is 0.156. The van der Waals surface area contributed by atoms with Crippen LogP contribution < -0.4 is 10.6 Å². The number of thiophene rings is 1. The molecule has 174 valence electrons. The van der Waals surface area contributed by atoms with Crippen molar-refractivity contribution in [3.63, 3.8) is 0 Å². The quantitative estimate of drug-likeness (QED) is 0.610. The lowest BCUT2D eigenvalue weighted by Gasteiger charge is -2.28. The van der Waals surface area contributed by atoms with Gasteiger partial charge in [-0.05, 0) is 12.5 Å². The lowest BCUT2D eigenvalue weighted by Crippen LogP contribution is -2.36. The van der Waals surface area contributed by atoms with E-state index in [0.29, 0.717) is 19.0 Å². The first-order valence-electron chi connectivity index (χ1n) is 11.3. The van der Waals surface area contributed by atoms with Crippen molar-refractivity contribution >= 4 is 39.2 Å². The third kappa shape index (κ3) is 4.90. The molecule has 2 fully saturated rings. The van der Waals surface area contributed by atoms with E-state index in [4.69, 9.17) is 20.4 Å². The summed E-state index contributed by atoms with van der Waals surface area (Å²) in [7, 11) is 0. The van der Waals surface area contributed by atoms with Gasteiger partial charge in [0.05, 0.1) is 29.0 Å². The number of aromatic nitrogens is 4. The molecule has 33 heavy (non-hydrogen) atoms. The summed E-state index contributed by atoms with van der Waals surface area (Å²) >= 11 is 1.75. The van der Waals surface area contributed by atoms with Crippen molar-refractivity contribution in [1.29, 1.82) is 0 Å². The molecule has 0 spiro atoms. The topological polar surface area (TPSA) is 114 Å². The van der Waals surface area contributed by atoms with E-state index in [0.717, 1.165) is 73.8 Å². The predicted octanol–water partition coefficient (Wildman–Crippen LogP) is 1.62. The first-order valence-corrected chi connectivity index (χ1v) is 12.1. The third-order valence-corrected chi connectivity index (χ3v) is 7.16. The van der Waals surface area contributed by atoms with Crippen LogP contribution in [-0.2, 0) is 16.1 Å². The van der Waals surface area contributed by atoms with Crippen LogP contribution in [0.25, 0.3) is 21.6 Å². The number of nitrogens with two attached hydrogens (primary N) is 1. The zero-order valence-corrected chi connectivity index (χ0v) is 19.6. The molecule has 0 radical (unpaired) electrons. The second-order valence-corrected chi connectivity index (χ2v) is 9.50. The predicted molar refractivity (Wildman–Crippen MR) is 128 cm³/mol. The number of carbonyl (C=O) groups excluding carboxylic acids is 1. The van der Waals surface area contributed by atoms with Gasteiger partial charge >= 0.3 is 0 Å². The van der Waals surface area contributed by atoms with E-state index >= 15 is 0 Å². The fraction of sp³-hybridized carbons (Fsp3) is 0.500. The molecule has 2 saturated heterocycles. The highest BCUT2D eigenvalue weighted by Crippen LogP contribution is 2.35. The van der Waals surface area contributed by atoms with Gasteiger partial charge in [-0.3, -0.25) is 9.69 Å². The number of hydrogen-bond acceptors (Lipinski definition) is 10. The van der Waals surface area contributed by atoms with E-state index in [1.54, 1.807) is 30.7 Å². The Balaban J connectivity index is 1.46. The van der Waals surface area contributed by atoms with Gasteiger partial charge in [-0.25, -0.2) is 19.9 Å². The van der Waals surface area contributed by atoms with Gasteiger partial charge in [0.15, 0.2) is 11.6 Å². The van der Waals surface area contributed by atoms with Gasteiger partial charge < -0.3 is 20.3 Å². The van der Waals surface area contributed by atoms with Crippen LogP contribution in [0, 0.1) is 0 Å². The van der Waals surface area contributed by atoms with Crippen molar-refractivity contribution in [3.05, 3.63) is 23.3 Å². The number of ether oxygens (including phenoxy) is 1. The Morgan fingerprint density at radius 2 is 1.88 bits per heavy atom. The van der Waals surface area contributed by atoms with Crippen LogP contribution in [0.4, 0.5) is 11.8 Å². The summed E-state index contributed by atoms with van der Waals surface area (Å²) in [5.74, 6) is 1.92. The van der Waals surface area contributed by atoms with Crippen LogP contribution in [0.15, 0.2) is 18.5 Å². The molecule has 0 saturated carbocycles. The minimum atomic E-state index is 0.156. The molecule has 11 heteroatoms. The fourth-order valence-corrected chi connectivity index (χ4v) is 5.43. The summed E-state index contributed by atoms with van der Waals surface area (Å²) in [6, 6.07) is 2.17. The Morgan fingerprint density at radius 1 is 1.09 bits per heavy atom. The maximum absolute atomic E-state index is 11.8. The van der Waals surface area contributed by atoms with Crippen molar-refractivity contribution in [2.75, 3.05) is 63.1 Å². The van der Waals surface area contributed by atoms with Crippen LogP contribution in [0.3, 0.4) is 0 Å². The average Bonchev–Trinajstić information content (AvgIpc) is 3.08. The Labute approximate surface area is 196 Å².